The number of anilines is 1. The molecule has 0 radical (unpaired) electrons. The van der Waals surface area contributed by atoms with E-state index in [1.165, 1.54) is 11.8 Å². The summed E-state index contributed by atoms with van der Waals surface area (Å²) in [6.07, 6.45) is -0.583. The van der Waals surface area contributed by atoms with Gasteiger partial charge in [-0.05, 0) is 35.4 Å². The van der Waals surface area contributed by atoms with Crippen molar-refractivity contribution in [2.45, 2.75) is 13.5 Å². The van der Waals surface area contributed by atoms with Crippen LogP contribution in [0.5, 0.6) is 0 Å². The second-order valence-corrected chi connectivity index (χ2v) is 6.61. The number of aryl methyl sites for hydroxylation is 1. The predicted octanol–water partition coefficient (Wildman–Crippen LogP) is 4.43. The van der Waals surface area contributed by atoms with Crippen molar-refractivity contribution in [1.29, 1.82) is 0 Å². The molecule has 0 aliphatic heterocycles. The average molecular weight is 388 g/mol. The second kappa shape index (κ2) is 7.63. The maximum atomic E-state index is 12.5. The minimum Gasteiger partial charge on any atom is -0.451 e. The van der Waals surface area contributed by atoms with E-state index >= 15 is 0 Å². The van der Waals surface area contributed by atoms with Gasteiger partial charge in [-0.2, -0.15) is 9.78 Å². The summed E-state index contributed by atoms with van der Waals surface area (Å²) in [5.41, 5.74) is 2.80. The van der Waals surface area contributed by atoms with Crippen LogP contribution in [-0.2, 0) is 11.3 Å². The summed E-state index contributed by atoms with van der Waals surface area (Å²) < 4.78 is 5.95. The maximum Gasteiger partial charge on any atom is 0.434 e. The molecule has 7 nitrogen and oxygen atoms in total. The van der Waals surface area contributed by atoms with Gasteiger partial charge in [0.15, 0.2) is 0 Å². The zero-order chi connectivity index (χ0) is 20.4. The molecule has 0 aliphatic carbocycles. The van der Waals surface area contributed by atoms with Crippen LogP contribution < -0.4 is 10.6 Å². The van der Waals surface area contributed by atoms with E-state index in [2.05, 4.69) is 15.7 Å². The van der Waals surface area contributed by atoms with E-state index in [4.69, 9.17) is 4.74 Å². The minimum absolute atomic E-state index is 0.337. The van der Waals surface area contributed by atoms with Gasteiger partial charge in [0.25, 0.3) is 0 Å². The van der Waals surface area contributed by atoms with Gasteiger partial charge < -0.3 is 15.4 Å². The van der Waals surface area contributed by atoms with Gasteiger partial charge in [-0.15, -0.1) is 0 Å². The Hall–Kier alpha value is -3.87. The van der Waals surface area contributed by atoms with Crippen molar-refractivity contribution in [3.8, 4) is 0 Å². The number of urea groups is 1. The molecular formula is C22H20N4O3. The summed E-state index contributed by atoms with van der Waals surface area (Å²) in [5.74, 6) is 0. The van der Waals surface area contributed by atoms with Gasteiger partial charge in [0, 0.05) is 11.9 Å². The number of amides is 2. The largest absolute Gasteiger partial charge is 0.451 e. The smallest absolute Gasteiger partial charge is 0.434 e. The topological polar surface area (TPSA) is 85.2 Å². The summed E-state index contributed by atoms with van der Waals surface area (Å²) in [6.45, 7) is 2.17. The number of benzene rings is 3. The lowest BCUT2D eigenvalue weighted by Gasteiger charge is -2.11. The molecule has 4 rings (SSSR count). The Bertz CT molecular complexity index is 1220. The molecule has 29 heavy (non-hydrogen) atoms. The number of hydrogen-bond acceptors (Lipinski definition) is 4. The summed E-state index contributed by atoms with van der Waals surface area (Å²) in [6, 6.07) is 19.0. The van der Waals surface area contributed by atoms with Crippen LogP contribution in [0.4, 0.5) is 15.3 Å². The number of nitrogens with one attached hydrogen (secondary N) is 2. The van der Waals surface area contributed by atoms with E-state index in [1.54, 1.807) is 25.1 Å². The molecule has 0 saturated heterocycles. The molecule has 0 fully saturated rings. The van der Waals surface area contributed by atoms with Crippen molar-refractivity contribution < 1.29 is 14.3 Å². The van der Waals surface area contributed by atoms with Gasteiger partial charge in [-0.3, -0.25) is 0 Å². The van der Waals surface area contributed by atoms with Crippen LogP contribution in [0.3, 0.4) is 0 Å². The van der Waals surface area contributed by atoms with Gasteiger partial charge >= 0.3 is 12.1 Å². The maximum absolute atomic E-state index is 12.5. The van der Waals surface area contributed by atoms with Crippen LogP contribution in [0.2, 0.25) is 0 Å². The SMILES string of the molecule is COC(=O)n1nc(C)c2c(NC(=O)NCc3cccc4ccccc34)cccc21. The van der Waals surface area contributed by atoms with Crippen LogP contribution >= 0.6 is 0 Å². The summed E-state index contributed by atoms with van der Waals surface area (Å²) in [5, 5.41) is 12.9. The summed E-state index contributed by atoms with van der Waals surface area (Å²) >= 11 is 0. The molecule has 0 aliphatic rings. The third-order valence-corrected chi connectivity index (χ3v) is 4.80. The lowest BCUT2D eigenvalue weighted by Crippen LogP contribution is -2.28. The number of hydrogen-bond donors (Lipinski definition) is 2. The predicted molar refractivity (Wildman–Crippen MR) is 112 cm³/mol. The first-order valence-electron chi connectivity index (χ1n) is 9.16. The van der Waals surface area contributed by atoms with Gasteiger partial charge in [0.1, 0.15) is 0 Å². The second-order valence-electron chi connectivity index (χ2n) is 6.61. The third kappa shape index (κ3) is 3.50. The number of methoxy groups -OCH3 is 1. The van der Waals surface area contributed by atoms with Crippen LogP contribution in [0, 0.1) is 6.92 Å². The molecular weight excluding hydrogens is 368 g/mol. The highest BCUT2D eigenvalue weighted by Gasteiger charge is 2.17. The number of carbonyl (C=O) groups excluding carboxylic acids is 2. The third-order valence-electron chi connectivity index (χ3n) is 4.80. The number of nitrogens with zero attached hydrogens (tertiary/aromatic N) is 2. The van der Waals surface area contributed by atoms with Crippen molar-refractivity contribution >= 4 is 39.5 Å². The quantitative estimate of drug-likeness (QED) is 0.544. The Morgan fingerprint density at radius 2 is 1.79 bits per heavy atom. The van der Waals surface area contributed by atoms with Gasteiger partial charge in [0.05, 0.1) is 24.0 Å². The average Bonchev–Trinajstić information content (AvgIpc) is 3.09. The monoisotopic (exact) mass is 388 g/mol. The van der Waals surface area contributed by atoms with Crippen LogP contribution in [0.15, 0.2) is 60.7 Å². The molecule has 0 saturated carbocycles. The fourth-order valence-corrected chi connectivity index (χ4v) is 3.47. The molecule has 3 aromatic carbocycles. The lowest BCUT2D eigenvalue weighted by atomic mass is 10.0. The van der Waals surface area contributed by atoms with Crippen molar-refractivity contribution in [3.05, 3.63) is 71.9 Å². The Morgan fingerprint density at radius 3 is 2.62 bits per heavy atom. The normalized spacial score (nSPS) is 10.8. The highest BCUT2D eigenvalue weighted by Crippen LogP contribution is 2.27. The van der Waals surface area contributed by atoms with Crippen LogP contribution in [0.25, 0.3) is 21.7 Å². The lowest BCUT2D eigenvalue weighted by molar-refractivity contribution is 0.170. The molecule has 0 bridgehead atoms. The number of ether oxygens (including phenoxy) is 1. The van der Waals surface area contributed by atoms with Gasteiger partial charge in [-0.1, -0.05) is 48.5 Å². The standard InChI is InChI=1S/C22H20N4O3/c1-14-20-18(11-6-12-19(20)26(25-14)22(28)29-2)24-21(27)23-13-16-9-5-8-15-7-3-4-10-17(15)16/h3-12H,13H2,1-2H3,(H2,23,24,27). The zero-order valence-electron chi connectivity index (χ0n) is 16.1. The van der Waals surface area contributed by atoms with E-state index in [1.807, 2.05) is 42.5 Å². The molecule has 2 N–H and O–H groups in total. The van der Waals surface area contributed by atoms with Crippen LogP contribution in [0.1, 0.15) is 11.3 Å². The van der Waals surface area contributed by atoms with E-state index in [0.29, 0.717) is 28.8 Å². The fourth-order valence-electron chi connectivity index (χ4n) is 3.47. The zero-order valence-corrected chi connectivity index (χ0v) is 16.1. The summed E-state index contributed by atoms with van der Waals surface area (Å²) in [7, 11) is 1.30. The van der Waals surface area contributed by atoms with Crippen molar-refractivity contribution in [2.75, 3.05) is 12.4 Å². The first-order valence-corrected chi connectivity index (χ1v) is 9.16. The number of carbonyl (C=O) groups is 2. The fraction of sp³-hybridized carbons (Fsp3) is 0.136. The molecule has 0 unspecified atom stereocenters. The Labute approximate surface area is 167 Å². The Kier molecular flexibility index (Phi) is 4.87. The number of rotatable bonds is 3. The molecule has 1 aromatic heterocycles. The van der Waals surface area contributed by atoms with Gasteiger partial charge in [-0.25, -0.2) is 9.59 Å². The molecule has 2 amide bonds. The molecule has 0 atom stereocenters. The van der Waals surface area contributed by atoms with E-state index < -0.39 is 6.09 Å². The Morgan fingerprint density at radius 1 is 1.03 bits per heavy atom. The molecule has 4 aromatic rings. The van der Waals surface area contributed by atoms with E-state index in [-0.39, 0.29) is 6.03 Å². The molecule has 146 valence electrons. The first kappa shape index (κ1) is 18.5. The minimum atomic E-state index is -0.583. The van der Waals surface area contributed by atoms with Crippen molar-refractivity contribution in [3.63, 3.8) is 0 Å². The highest BCUT2D eigenvalue weighted by atomic mass is 16.5. The number of aromatic nitrogens is 2. The van der Waals surface area contributed by atoms with Crippen molar-refractivity contribution in [1.82, 2.24) is 15.1 Å². The van der Waals surface area contributed by atoms with Crippen LogP contribution in [-0.4, -0.2) is 29.0 Å². The molecule has 0 spiro atoms. The van der Waals surface area contributed by atoms with Crippen molar-refractivity contribution in [2.24, 2.45) is 0 Å². The number of fused-ring (bicyclic) bond motifs is 2. The highest BCUT2D eigenvalue weighted by molar-refractivity contribution is 6.03. The molecule has 1 heterocycles. The molecule has 7 heteroatoms. The summed E-state index contributed by atoms with van der Waals surface area (Å²) in [4.78, 5) is 24.5. The van der Waals surface area contributed by atoms with Gasteiger partial charge in [0.2, 0.25) is 0 Å². The van der Waals surface area contributed by atoms with E-state index in [9.17, 15) is 9.59 Å². The first-order chi connectivity index (χ1) is 14.1. The van der Waals surface area contributed by atoms with E-state index in [0.717, 1.165) is 16.3 Å². The Balaban J connectivity index is 1.55.